The predicted molar refractivity (Wildman–Crippen MR) is 91.2 cm³/mol. The first kappa shape index (κ1) is 16.2. The van der Waals surface area contributed by atoms with E-state index in [0.717, 1.165) is 24.2 Å². The zero-order valence-corrected chi connectivity index (χ0v) is 13.7. The van der Waals surface area contributed by atoms with Gasteiger partial charge in [-0.05, 0) is 30.2 Å². The summed E-state index contributed by atoms with van der Waals surface area (Å²) in [6, 6.07) is 3.88. The first-order chi connectivity index (χ1) is 10.2. The van der Waals surface area contributed by atoms with E-state index in [1.54, 1.807) is 24.2 Å². The van der Waals surface area contributed by atoms with Crippen LogP contribution >= 0.6 is 24.0 Å². The van der Waals surface area contributed by atoms with Gasteiger partial charge in [0.2, 0.25) is 5.91 Å². The number of hydrogen-bond acceptors (Lipinski definition) is 4. The molecule has 0 aliphatic carbocycles. The molecule has 1 saturated heterocycles. The first-order valence-electron chi connectivity index (χ1n) is 7.24. The molecule has 1 aliphatic heterocycles. The van der Waals surface area contributed by atoms with Crippen LogP contribution in [0, 0.1) is 0 Å². The molecule has 1 aromatic rings. The molecule has 1 aromatic heterocycles. The van der Waals surface area contributed by atoms with Crippen LogP contribution in [0.25, 0.3) is 0 Å². The summed E-state index contributed by atoms with van der Waals surface area (Å²) in [7, 11) is 0. The first-order valence-corrected chi connectivity index (χ1v) is 8.70. The highest BCUT2D eigenvalue weighted by molar-refractivity contribution is 8.00. The number of carbonyl (C=O) groups excluding carboxylic acids is 1. The van der Waals surface area contributed by atoms with Gasteiger partial charge in [-0.25, -0.2) is 0 Å². The molecule has 1 amide bonds. The van der Waals surface area contributed by atoms with Gasteiger partial charge in [-0.15, -0.1) is 11.8 Å². The van der Waals surface area contributed by atoms with Gasteiger partial charge in [0.25, 0.3) is 0 Å². The molecule has 4 nitrogen and oxygen atoms in total. The van der Waals surface area contributed by atoms with Gasteiger partial charge >= 0.3 is 0 Å². The minimum Gasteiger partial charge on any atom is -0.393 e. The van der Waals surface area contributed by atoms with Crippen molar-refractivity contribution in [1.29, 1.82) is 0 Å². The Bertz CT molecular complexity index is 475. The summed E-state index contributed by atoms with van der Waals surface area (Å²) in [6.45, 7) is 1.16. The number of carbonyl (C=O) groups is 1. The Morgan fingerprint density at radius 2 is 2.38 bits per heavy atom. The number of thiocarbonyl (C=S) groups is 1. The molecule has 0 spiro atoms. The minimum absolute atomic E-state index is 0.0850. The van der Waals surface area contributed by atoms with Crippen molar-refractivity contribution >= 4 is 34.9 Å². The lowest BCUT2D eigenvalue weighted by atomic mass is 10.1. The average Bonchev–Trinajstić information content (AvgIpc) is 2.52. The fraction of sp³-hybridized carbons (Fsp3) is 0.533. The van der Waals surface area contributed by atoms with Crippen molar-refractivity contribution in [2.45, 2.75) is 37.5 Å². The summed E-state index contributed by atoms with van der Waals surface area (Å²) in [4.78, 5) is 19.2. The third-order valence-corrected chi connectivity index (χ3v) is 5.06. The molecule has 0 radical (unpaired) electrons. The molecule has 1 unspecified atom stereocenters. The van der Waals surface area contributed by atoms with Crippen molar-refractivity contribution < 1.29 is 4.79 Å². The largest absolute Gasteiger partial charge is 0.393 e. The summed E-state index contributed by atoms with van der Waals surface area (Å²) in [5.41, 5.74) is 6.63. The molecule has 2 heterocycles. The number of rotatable bonds is 6. The molecule has 0 aromatic carbocycles. The van der Waals surface area contributed by atoms with Crippen LogP contribution in [0.4, 0.5) is 0 Å². The van der Waals surface area contributed by atoms with E-state index in [0.29, 0.717) is 24.5 Å². The standard InChI is InChI=1S/C15H21N3OS2/c16-14(20)6-8-18(11-12-4-3-7-17-10-12)15(19)13-5-1-2-9-21-13/h3-4,7,10,13H,1-2,5-6,8-9,11H2,(H2,16,20). The Kier molecular flexibility index (Phi) is 6.45. The van der Waals surface area contributed by atoms with E-state index in [4.69, 9.17) is 18.0 Å². The van der Waals surface area contributed by atoms with E-state index in [9.17, 15) is 4.79 Å². The molecule has 21 heavy (non-hydrogen) atoms. The smallest absolute Gasteiger partial charge is 0.235 e. The van der Waals surface area contributed by atoms with Crippen molar-refractivity contribution in [3.05, 3.63) is 30.1 Å². The fourth-order valence-electron chi connectivity index (χ4n) is 2.36. The van der Waals surface area contributed by atoms with Gasteiger partial charge in [0.15, 0.2) is 0 Å². The minimum atomic E-state index is 0.0850. The Balaban J connectivity index is 2.03. The van der Waals surface area contributed by atoms with Gasteiger partial charge in [-0.1, -0.05) is 24.7 Å². The number of amides is 1. The van der Waals surface area contributed by atoms with E-state index >= 15 is 0 Å². The van der Waals surface area contributed by atoms with Crippen molar-refractivity contribution in [3.8, 4) is 0 Å². The monoisotopic (exact) mass is 323 g/mol. The van der Waals surface area contributed by atoms with Crippen LogP contribution < -0.4 is 5.73 Å². The molecule has 1 atom stereocenters. The topological polar surface area (TPSA) is 59.2 Å². The van der Waals surface area contributed by atoms with Gasteiger partial charge in [-0.2, -0.15) is 0 Å². The SMILES string of the molecule is NC(=S)CCN(Cc1cccnc1)C(=O)C1CCCCS1. The highest BCUT2D eigenvalue weighted by atomic mass is 32.2. The Morgan fingerprint density at radius 3 is 3.00 bits per heavy atom. The van der Waals surface area contributed by atoms with E-state index in [1.807, 2.05) is 17.0 Å². The van der Waals surface area contributed by atoms with E-state index in [1.165, 1.54) is 6.42 Å². The number of aromatic nitrogens is 1. The lowest BCUT2D eigenvalue weighted by Gasteiger charge is -2.29. The van der Waals surface area contributed by atoms with Crippen LogP contribution in [0.15, 0.2) is 24.5 Å². The van der Waals surface area contributed by atoms with E-state index in [-0.39, 0.29) is 11.2 Å². The van der Waals surface area contributed by atoms with Crippen LogP contribution in [-0.2, 0) is 11.3 Å². The molecule has 1 fully saturated rings. The molecule has 1 aliphatic rings. The van der Waals surface area contributed by atoms with E-state index < -0.39 is 0 Å². The molecule has 114 valence electrons. The third kappa shape index (κ3) is 5.28. The number of pyridine rings is 1. The van der Waals surface area contributed by atoms with Gasteiger partial charge in [0, 0.05) is 31.9 Å². The fourth-order valence-corrected chi connectivity index (χ4v) is 3.74. The normalized spacial score (nSPS) is 18.2. The lowest BCUT2D eigenvalue weighted by molar-refractivity contribution is -0.131. The molecule has 2 rings (SSSR count). The van der Waals surface area contributed by atoms with Gasteiger partial charge in [-0.3, -0.25) is 9.78 Å². The van der Waals surface area contributed by atoms with Crippen molar-refractivity contribution in [2.75, 3.05) is 12.3 Å². The van der Waals surface area contributed by atoms with E-state index in [2.05, 4.69) is 4.98 Å². The molecular weight excluding hydrogens is 302 g/mol. The molecule has 0 bridgehead atoms. The number of nitrogens with two attached hydrogens (primary N) is 1. The maximum atomic E-state index is 12.7. The Labute approximate surface area is 135 Å². The summed E-state index contributed by atoms with van der Waals surface area (Å²) in [5, 5.41) is 0.0850. The van der Waals surface area contributed by atoms with Crippen LogP contribution in [-0.4, -0.2) is 38.3 Å². The highest BCUT2D eigenvalue weighted by Gasteiger charge is 2.26. The van der Waals surface area contributed by atoms with Gasteiger partial charge in [0.05, 0.1) is 10.2 Å². The summed E-state index contributed by atoms with van der Waals surface area (Å²) in [5.74, 6) is 1.28. The molecule has 6 heteroatoms. The highest BCUT2D eigenvalue weighted by Crippen LogP contribution is 2.27. The van der Waals surface area contributed by atoms with Crippen LogP contribution in [0.1, 0.15) is 31.2 Å². The average molecular weight is 323 g/mol. The second-order valence-corrected chi connectivity index (χ2v) is 7.03. The Hall–Kier alpha value is -1.14. The van der Waals surface area contributed by atoms with Crippen molar-refractivity contribution in [2.24, 2.45) is 5.73 Å². The van der Waals surface area contributed by atoms with Crippen LogP contribution in [0.3, 0.4) is 0 Å². The maximum Gasteiger partial charge on any atom is 0.235 e. The number of thioether (sulfide) groups is 1. The zero-order chi connectivity index (χ0) is 15.1. The van der Waals surface area contributed by atoms with Crippen molar-refractivity contribution in [1.82, 2.24) is 9.88 Å². The second kappa shape index (κ2) is 8.34. The predicted octanol–water partition coefficient (Wildman–Crippen LogP) is 2.37. The van der Waals surface area contributed by atoms with Crippen molar-refractivity contribution in [3.63, 3.8) is 0 Å². The molecule has 2 N–H and O–H groups in total. The maximum absolute atomic E-state index is 12.7. The molecule has 0 saturated carbocycles. The number of hydrogen-bond donors (Lipinski definition) is 1. The third-order valence-electron chi connectivity index (χ3n) is 3.49. The van der Waals surface area contributed by atoms with Gasteiger partial charge < -0.3 is 10.6 Å². The lowest BCUT2D eigenvalue weighted by Crippen LogP contribution is -2.40. The molecular formula is C15H21N3OS2. The van der Waals surface area contributed by atoms with Gasteiger partial charge in [0.1, 0.15) is 0 Å². The second-order valence-electron chi connectivity index (χ2n) is 5.19. The summed E-state index contributed by atoms with van der Waals surface area (Å²) in [6.07, 6.45) is 7.43. The summed E-state index contributed by atoms with van der Waals surface area (Å²) >= 11 is 6.72. The zero-order valence-electron chi connectivity index (χ0n) is 12.0. The Morgan fingerprint density at radius 1 is 1.52 bits per heavy atom. The summed E-state index contributed by atoms with van der Waals surface area (Å²) < 4.78 is 0. The van der Waals surface area contributed by atoms with Crippen LogP contribution in [0.5, 0.6) is 0 Å². The number of nitrogens with zero attached hydrogens (tertiary/aromatic N) is 2. The quantitative estimate of drug-likeness (QED) is 0.815. The van der Waals surface area contributed by atoms with Crippen LogP contribution in [0.2, 0.25) is 0 Å².